The summed E-state index contributed by atoms with van der Waals surface area (Å²) in [5.74, 6) is -4.28. The SMILES string of the molecule is CCc1ccc(Nc2c(C(=O)NNC(=O)NCCO)ccc(F)c2F)c(F)c1. The van der Waals surface area contributed by atoms with E-state index in [0.29, 0.717) is 12.0 Å². The Bertz CT molecular complexity index is 877. The number of halogens is 3. The zero-order chi connectivity index (χ0) is 20.7. The maximum absolute atomic E-state index is 14.3. The van der Waals surface area contributed by atoms with E-state index in [2.05, 4.69) is 10.6 Å². The second kappa shape index (κ2) is 9.60. The molecule has 10 heteroatoms. The monoisotopic (exact) mass is 396 g/mol. The summed E-state index contributed by atoms with van der Waals surface area (Å²) >= 11 is 0. The third-order valence-electron chi connectivity index (χ3n) is 3.73. The highest BCUT2D eigenvalue weighted by atomic mass is 19.2. The molecule has 2 rings (SSSR count). The molecule has 0 saturated heterocycles. The highest BCUT2D eigenvalue weighted by Crippen LogP contribution is 2.28. The third-order valence-corrected chi connectivity index (χ3v) is 3.73. The summed E-state index contributed by atoms with van der Waals surface area (Å²) in [4.78, 5) is 23.6. The van der Waals surface area contributed by atoms with Crippen molar-refractivity contribution in [1.29, 1.82) is 0 Å². The minimum Gasteiger partial charge on any atom is -0.395 e. The molecule has 0 aliphatic rings. The van der Waals surface area contributed by atoms with Gasteiger partial charge in [-0.1, -0.05) is 13.0 Å². The van der Waals surface area contributed by atoms with E-state index in [0.717, 1.165) is 12.1 Å². The molecule has 0 aliphatic carbocycles. The number of benzene rings is 2. The fourth-order valence-corrected chi connectivity index (χ4v) is 2.27. The number of rotatable bonds is 6. The van der Waals surface area contributed by atoms with Crippen LogP contribution in [0.5, 0.6) is 0 Å². The lowest BCUT2D eigenvalue weighted by Gasteiger charge is -2.15. The summed E-state index contributed by atoms with van der Waals surface area (Å²) in [6, 6.07) is 5.10. The number of amides is 3. The van der Waals surface area contributed by atoms with E-state index in [4.69, 9.17) is 5.11 Å². The summed E-state index contributed by atoms with van der Waals surface area (Å²) in [5, 5.41) is 13.2. The van der Waals surface area contributed by atoms with E-state index >= 15 is 0 Å². The average molecular weight is 396 g/mol. The largest absolute Gasteiger partial charge is 0.395 e. The van der Waals surface area contributed by atoms with Gasteiger partial charge in [-0.2, -0.15) is 0 Å². The lowest BCUT2D eigenvalue weighted by molar-refractivity contribution is 0.0936. The topological polar surface area (TPSA) is 102 Å². The van der Waals surface area contributed by atoms with Crippen LogP contribution in [0.15, 0.2) is 30.3 Å². The van der Waals surface area contributed by atoms with Crippen LogP contribution in [0.25, 0.3) is 0 Å². The van der Waals surface area contributed by atoms with E-state index in [1.54, 1.807) is 6.07 Å². The van der Waals surface area contributed by atoms with E-state index in [-0.39, 0.29) is 24.4 Å². The van der Waals surface area contributed by atoms with Gasteiger partial charge >= 0.3 is 6.03 Å². The normalized spacial score (nSPS) is 10.3. The molecule has 0 heterocycles. The van der Waals surface area contributed by atoms with Crippen LogP contribution in [0.1, 0.15) is 22.8 Å². The number of aliphatic hydroxyl groups is 1. The van der Waals surface area contributed by atoms with Gasteiger partial charge in [-0.3, -0.25) is 10.2 Å². The lowest BCUT2D eigenvalue weighted by Crippen LogP contribution is -2.47. The van der Waals surface area contributed by atoms with Gasteiger partial charge in [0.1, 0.15) is 5.82 Å². The molecule has 0 saturated carbocycles. The Kier molecular flexibility index (Phi) is 7.21. The minimum absolute atomic E-state index is 0.0489. The van der Waals surface area contributed by atoms with Gasteiger partial charge in [-0.15, -0.1) is 0 Å². The number of hydrogen-bond acceptors (Lipinski definition) is 4. The number of aryl methyl sites for hydroxylation is 1. The van der Waals surface area contributed by atoms with Crippen LogP contribution in [0, 0.1) is 17.5 Å². The van der Waals surface area contributed by atoms with Gasteiger partial charge in [-0.05, 0) is 36.2 Å². The van der Waals surface area contributed by atoms with Crippen molar-refractivity contribution in [3.8, 4) is 0 Å². The Labute approximate surface area is 158 Å². The molecule has 150 valence electrons. The smallest absolute Gasteiger partial charge is 0.333 e. The van der Waals surface area contributed by atoms with Crippen LogP contribution in [-0.2, 0) is 6.42 Å². The predicted octanol–water partition coefficient (Wildman–Crippen LogP) is 2.35. The standard InChI is InChI=1S/C18H19F3N4O3/c1-2-10-3-6-14(13(20)9-10)23-16-11(4-5-12(19)15(16)21)17(27)24-25-18(28)22-7-8-26/h3-6,9,23,26H,2,7-8H2,1H3,(H,24,27)(H2,22,25,28). The van der Waals surface area contributed by atoms with Gasteiger partial charge in [0.05, 0.1) is 23.5 Å². The quantitative estimate of drug-likeness (QED) is 0.484. The molecule has 0 spiro atoms. The molecule has 0 fully saturated rings. The number of carbonyl (C=O) groups is 2. The first-order valence-electron chi connectivity index (χ1n) is 8.35. The highest BCUT2D eigenvalue weighted by Gasteiger charge is 2.20. The van der Waals surface area contributed by atoms with Crippen molar-refractivity contribution in [2.45, 2.75) is 13.3 Å². The summed E-state index contributed by atoms with van der Waals surface area (Å²) in [6.45, 7) is 1.48. The van der Waals surface area contributed by atoms with Crippen LogP contribution in [0.4, 0.5) is 29.3 Å². The van der Waals surface area contributed by atoms with Gasteiger partial charge < -0.3 is 15.7 Å². The van der Waals surface area contributed by atoms with Crippen molar-refractivity contribution in [2.24, 2.45) is 0 Å². The molecular formula is C18H19F3N4O3. The van der Waals surface area contributed by atoms with E-state index in [1.165, 1.54) is 12.1 Å². The summed E-state index contributed by atoms with van der Waals surface area (Å²) in [7, 11) is 0. The van der Waals surface area contributed by atoms with Gasteiger partial charge in [0, 0.05) is 6.54 Å². The summed E-state index contributed by atoms with van der Waals surface area (Å²) in [6.07, 6.45) is 0.587. The van der Waals surface area contributed by atoms with Gasteiger partial charge in [-0.25, -0.2) is 23.4 Å². The number of hydrazine groups is 1. The van der Waals surface area contributed by atoms with Crippen LogP contribution in [-0.4, -0.2) is 30.2 Å². The molecule has 28 heavy (non-hydrogen) atoms. The Hall–Kier alpha value is -3.27. The molecule has 0 radical (unpaired) electrons. The molecule has 0 aromatic heterocycles. The van der Waals surface area contributed by atoms with E-state index < -0.39 is 35.1 Å². The predicted molar refractivity (Wildman–Crippen MR) is 96.5 cm³/mol. The summed E-state index contributed by atoms with van der Waals surface area (Å²) < 4.78 is 42.1. The van der Waals surface area contributed by atoms with Gasteiger partial charge in [0.25, 0.3) is 5.91 Å². The van der Waals surface area contributed by atoms with Crippen molar-refractivity contribution in [3.05, 3.63) is 58.9 Å². The number of carbonyl (C=O) groups excluding carboxylic acids is 2. The molecule has 7 nitrogen and oxygen atoms in total. The second-order valence-electron chi connectivity index (χ2n) is 5.64. The second-order valence-corrected chi connectivity index (χ2v) is 5.64. The number of hydrogen-bond donors (Lipinski definition) is 5. The first kappa shape index (κ1) is 21.0. The minimum atomic E-state index is -1.38. The van der Waals surface area contributed by atoms with Crippen LogP contribution in [0.2, 0.25) is 0 Å². The Morgan fingerprint density at radius 3 is 2.43 bits per heavy atom. The molecule has 0 bridgehead atoms. The third kappa shape index (κ3) is 5.13. The van der Waals surface area contributed by atoms with E-state index in [9.17, 15) is 22.8 Å². The first-order chi connectivity index (χ1) is 13.4. The highest BCUT2D eigenvalue weighted by molar-refractivity contribution is 6.01. The summed E-state index contributed by atoms with van der Waals surface area (Å²) in [5.41, 5.74) is 3.61. The maximum atomic E-state index is 14.3. The number of nitrogens with one attached hydrogen (secondary N) is 4. The average Bonchev–Trinajstić information content (AvgIpc) is 2.69. The Morgan fingerprint density at radius 1 is 1.04 bits per heavy atom. The van der Waals surface area contributed by atoms with Gasteiger partial charge in [0.2, 0.25) is 0 Å². The van der Waals surface area contributed by atoms with Crippen molar-refractivity contribution in [1.82, 2.24) is 16.2 Å². The molecular weight excluding hydrogens is 377 g/mol. The molecule has 0 atom stereocenters. The van der Waals surface area contributed by atoms with E-state index in [1.807, 2.05) is 17.8 Å². The van der Waals surface area contributed by atoms with Crippen molar-refractivity contribution in [2.75, 3.05) is 18.5 Å². The Balaban J connectivity index is 2.25. The van der Waals surface area contributed by atoms with Crippen LogP contribution in [0.3, 0.4) is 0 Å². The van der Waals surface area contributed by atoms with Crippen LogP contribution >= 0.6 is 0 Å². The number of urea groups is 1. The molecule has 0 aliphatic heterocycles. The molecule has 2 aromatic rings. The lowest BCUT2D eigenvalue weighted by atomic mass is 10.1. The fraction of sp³-hybridized carbons (Fsp3) is 0.222. The number of aliphatic hydroxyl groups excluding tert-OH is 1. The molecule has 0 unspecified atom stereocenters. The van der Waals surface area contributed by atoms with Gasteiger partial charge in [0.15, 0.2) is 11.6 Å². The zero-order valence-electron chi connectivity index (χ0n) is 14.9. The first-order valence-corrected chi connectivity index (χ1v) is 8.35. The Morgan fingerprint density at radius 2 is 1.79 bits per heavy atom. The zero-order valence-corrected chi connectivity index (χ0v) is 14.9. The fourth-order valence-electron chi connectivity index (χ4n) is 2.27. The molecule has 5 N–H and O–H groups in total. The van der Waals surface area contributed by atoms with Crippen molar-refractivity contribution < 1.29 is 27.9 Å². The van der Waals surface area contributed by atoms with Crippen molar-refractivity contribution in [3.63, 3.8) is 0 Å². The molecule has 2 aromatic carbocycles. The van der Waals surface area contributed by atoms with Crippen LogP contribution < -0.4 is 21.5 Å². The maximum Gasteiger partial charge on any atom is 0.333 e. The number of anilines is 2. The molecule has 3 amide bonds. The van der Waals surface area contributed by atoms with Crippen molar-refractivity contribution >= 4 is 23.3 Å².